The molecule has 1 nitrogen and oxygen atoms in total. The molecule has 0 radical (unpaired) electrons. The zero-order chi connectivity index (χ0) is 10.8. The van der Waals surface area contributed by atoms with Crippen LogP contribution in [0, 0.1) is 12.3 Å². The Bertz CT molecular complexity index is 314. The van der Waals surface area contributed by atoms with Crippen LogP contribution in [0.3, 0.4) is 0 Å². The average molecular weight is 189 g/mol. The monoisotopic (exact) mass is 189 g/mol. The summed E-state index contributed by atoms with van der Waals surface area (Å²) in [5, 5.41) is 3.31. The minimum Gasteiger partial charge on any atom is -0.359 e. The second-order valence-corrected chi connectivity index (χ2v) is 4.72. The normalized spacial score (nSPS) is 11.1. The lowest BCUT2D eigenvalue weighted by atomic mass is 9.93. The Morgan fingerprint density at radius 2 is 1.64 bits per heavy atom. The molecule has 0 aliphatic rings. The van der Waals surface area contributed by atoms with Crippen molar-refractivity contribution >= 4 is 5.69 Å². The van der Waals surface area contributed by atoms with Gasteiger partial charge < -0.3 is 5.32 Å². The molecule has 0 saturated carbocycles. The molecule has 0 spiro atoms. The van der Waals surface area contributed by atoms with E-state index in [2.05, 4.69) is 63.9 Å². The van der Waals surface area contributed by atoms with Crippen LogP contribution in [0.25, 0.3) is 0 Å². The maximum Gasteiger partial charge on any atom is 0.0381 e. The molecule has 0 unspecified atom stereocenters. The number of hydrogen-bond donors (Lipinski definition) is 1. The molecular formula is C13H19N. The van der Waals surface area contributed by atoms with Crippen molar-refractivity contribution in [1.29, 1.82) is 0 Å². The predicted molar refractivity (Wildman–Crippen MR) is 63.4 cm³/mol. The fourth-order valence-electron chi connectivity index (χ4n) is 0.999. The lowest BCUT2D eigenvalue weighted by molar-refractivity contribution is 0.510. The number of allylic oxidation sites excluding steroid dienone is 1. The average Bonchev–Trinajstić information content (AvgIpc) is 2.07. The Hall–Kier alpha value is -1.24. The molecule has 1 rings (SSSR count). The molecule has 0 saturated heterocycles. The molecule has 0 heterocycles. The van der Waals surface area contributed by atoms with Crippen molar-refractivity contribution in [2.45, 2.75) is 27.7 Å². The quantitative estimate of drug-likeness (QED) is 0.742. The maximum atomic E-state index is 4.03. The number of aryl methyl sites for hydroxylation is 1. The van der Waals surface area contributed by atoms with E-state index in [4.69, 9.17) is 0 Å². The summed E-state index contributed by atoms with van der Waals surface area (Å²) in [6.45, 7) is 12.6. The van der Waals surface area contributed by atoms with Gasteiger partial charge in [0.15, 0.2) is 0 Å². The van der Waals surface area contributed by atoms with Gasteiger partial charge in [-0.1, -0.05) is 45.0 Å². The summed E-state index contributed by atoms with van der Waals surface area (Å²) in [4.78, 5) is 0. The van der Waals surface area contributed by atoms with Crippen LogP contribution in [0.2, 0.25) is 0 Å². The molecule has 1 aromatic carbocycles. The van der Waals surface area contributed by atoms with E-state index >= 15 is 0 Å². The van der Waals surface area contributed by atoms with Crippen LogP contribution in [-0.4, -0.2) is 0 Å². The first kappa shape index (κ1) is 10.8. The highest BCUT2D eigenvalue weighted by Crippen LogP contribution is 2.24. The molecule has 1 aromatic rings. The summed E-state index contributed by atoms with van der Waals surface area (Å²) in [7, 11) is 0. The van der Waals surface area contributed by atoms with E-state index in [9.17, 15) is 0 Å². The molecule has 0 fully saturated rings. The largest absolute Gasteiger partial charge is 0.359 e. The predicted octanol–water partition coefficient (Wildman–Crippen LogP) is 3.97. The van der Waals surface area contributed by atoms with Crippen LogP contribution in [0.15, 0.2) is 36.5 Å². The van der Waals surface area contributed by atoms with Gasteiger partial charge in [-0.05, 0) is 19.1 Å². The van der Waals surface area contributed by atoms with Crippen molar-refractivity contribution in [2.75, 3.05) is 5.32 Å². The molecule has 0 aromatic heterocycles. The van der Waals surface area contributed by atoms with Gasteiger partial charge >= 0.3 is 0 Å². The molecule has 0 amide bonds. The summed E-state index contributed by atoms with van der Waals surface area (Å²) < 4.78 is 0. The van der Waals surface area contributed by atoms with E-state index in [0.717, 1.165) is 11.4 Å². The summed E-state index contributed by atoms with van der Waals surface area (Å²) in [5.41, 5.74) is 3.53. The van der Waals surface area contributed by atoms with Gasteiger partial charge in [-0.2, -0.15) is 0 Å². The Morgan fingerprint density at radius 1 is 1.14 bits per heavy atom. The zero-order valence-corrected chi connectivity index (χ0v) is 9.52. The molecule has 0 aliphatic heterocycles. The lowest BCUT2D eigenvalue weighted by Crippen LogP contribution is -2.15. The van der Waals surface area contributed by atoms with Gasteiger partial charge in [0.05, 0.1) is 0 Å². The van der Waals surface area contributed by atoms with Crippen LogP contribution in [0.1, 0.15) is 26.3 Å². The van der Waals surface area contributed by atoms with Gasteiger partial charge in [0, 0.05) is 16.8 Å². The number of benzene rings is 1. The van der Waals surface area contributed by atoms with Gasteiger partial charge in [-0.3, -0.25) is 0 Å². The lowest BCUT2D eigenvalue weighted by Gasteiger charge is -2.23. The molecule has 0 bridgehead atoms. The number of anilines is 1. The van der Waals surface area contributed by atoms with Crippen LogP contribution in [0.4, 0.5) is 5.69 Å². The fraction of sp³-hybridized carbons (Fsp3) is 0.385. The van der Waals surface area contributed by atoms with E-state index in [1.807, 2.05) is 0 Å². The Labute approximate surface area is 86.8 Å². The van der Waals surface area contributed by atoms with Crippen LogP contribution < -0.4 is 5.32 Å². The SMILES string of the molecule is C=C(Nc1ccc(C)cc1)C(C)(C)C. The standard InChI is InChI=1S/C13H19N/c1-10-6-8-12(9-7-10)14-11(2)13(3,4)5/h6-9,14H,2H2,1,3-5H3. The molecule has 76 valence electrons. The van der Waals surface area contributed by atoms with E-state index in [1.165, 1.54) is 5.56 Å². The first-order valence-electron chi connectivity index (χ1n) is 4.92. The smallest absolute Gasteiger partial charge is 0.0381 e. The van der Waals surface area contributed by atoms with Gasteiger partial charge in [0.25, 0.3) is 0 Å². The molecule has 1 N–H and O–H groups in total. The molecule has 0 atom stereocenters. The number of hydrogen-bond acceptors (Lipinski definition) is 1. The fourth-order valence-corrected chi connectivity index (χ4v) is 0.999. The van der Waals surface area contributed by atoms with Crippen molar-refractivity contribution in [3.05, 3.63) is 42.1 Å². The van der Waals surface area contributed by atoms with E-state index < -0.39 is 0 Å². The first-order chi connectivity index (χ1) is 6.39. The summed E-state index contributed by atoms with van der Waals surface area (Å²) in [6, 6.07) is 8.34. The third kappa shape index (κ3) is 2.91. The van der Waals surface area contributed by atoms with Crippen molar-refractivity contribution in [2.24, 2.45) is 5.41 Å². The Balaban J connectivity index is 2.71. The van der Waals surface area contributed by atoms with Gasteiger partial charge in [0.1, 0.15) is 0 Å². The summed E-state index contributed by atoms with van der Waals surface area (Å²) in [6.07, 6.45) is 0. The van der Waals surface area contributed by atoms with E-state index in [-0.39, 0.29) is 5.41 Å². The third-order valence-electron chi connectivity index (χ3n) is 2.25. The highest BCUT2D eigenvalue weighted by Gasteiger charge is 2.14. The summed E-state index contributed by atoms with van der Waals surface area (Å²) in [5.74, 6) is 0. The molecule has 1 heteroatoms. The first-order valence-corrected chi connectivity index (χ1v) is 4.92. The van der Waals surface area contributed by atoms with Crippen molar-refractivity contribution < 1.29 is 0 Å². The van der Waals surface area contributed by atoms with Gasteiger partial charge in [-0.15, -0.1) is 0 Å². The van der Waals surface area contributed by atoms with Crippen molar-refractivity contribution in [3.8, 4) is 0 Å². The van der Waals surface area contributed by atoms with Crippen LogP contribution in [-0.2, 0) is 0 Å². The maximum absolute atomic E-state index is 4.03. The van der Waals surface area contributed by atoms with E-state index in [0.29, 0.717) is 0 Å². The van der Waals surface area contributed by atoms with Crippen molar-refractivity contribution in [3.63, 3.8) is 0 Å². The van der Waals surface area contributed by atoms with Gasteiger partial charge in [-0.25, -0.2) is 0 Å². The Kier molecular flexibility index (Phi) is 3.00. The minimum absolute atomic E-state index is 0.102. The molecular weight excluding hydrogens is 170 g/mol. The van der Waals surface area contributed by atoms with Crippen LogP contribution >= 0.6 is 0 Å². The molecule has 14 heavy (non-hydrogen) atoms. The second-order valence-electron chi connectivity index (χ2n) is 4.72. The van der Waals surface area contributed by atoms with Crippen LogP contribution in [0.5, 0.6) is 0 Å². The minimum atomic E-state index is 0.102. The molecule has 0 aliphatic carbocycles. The second kappa shape index (κ2) is 3.87. The van der Waals surface area contributed by atoms with E-state index in [1.54, 1.807) is 0 Å². The van der Waals surface area contributed by atoms with Gasteiger partial charge in [0.2, 0.25) is 0 Å². The zero-order valence-electron chi connectivity index (χ0n) is 9.52. The number of rotatable bonds is 2. The topological polar surface area (TPSA) is 12.0 Å². The van der Waals surface area contributed by atoms with Crippen molar-refractivity contribution in [1.82, 2.24) is 0 Å². The third-order valence-corrected chi connectivity index (χ3v) is 2.25. The Morgan fingerprint density at radius 3 is 2.07 bits per heavy atom. The summed E-state index contributed by atoms with van der Waals surface area (Å²) >= 11 is 0. The highest BCUT2D eigenvalue weighted by atomic mass is 14.9. The number of nitrogens with one attached hydrogen (secondary N) is 1. The highest BCUT2D eigenvalue weighted by molar-refractivity contribution is 5.49.